The summed E-state index contributed by atoms with van der Waals surface area (Å²) >= 11 is 1.13. The van der Waals surface area contributed by atoms with Gasteiger partial charge in [0.1, 0.15) is 16.7 Å². The number of piperidine rings is 1. The molecule has 12 heteroatoms. The third-order valence-corrected chi connectivity index (χ3v) is 10.8. The quantitative estimate of drug-likeness (QED) is 0.114. The van der Waals surface area contributed by atoms with Crippen molar-refractivity contribution in [3.8, 4) is 0 Å². The van der Waals surface area contributed by atoms with Gasteiger partial charge in [-0.05, 0) is 57.7 Å². The molecule has 0 radical (unpaired) electrons. The molecule has 0 bridgehead atoms. The molecule has 7 atom stereocenters. The summed E-state index contributed by atoms with van der Waals surface area (Å²) in [6.45, 7) is 15.9. The minimum absolute atomic E-state index is 0.0741. The average Bonchev–Trinajstić information content (AvgIpc) is 3.70. The highest BCUT2D eigenvalue weighted by Gasteiger charge is 2.42. The lowest BCUT2D eigenvalue weighted by Crippen LogP contribution is -2.57. The molecular weight excluding hydrogens is 655 g/mol. The van der Waals surface area contributed by atoms with E-state index in [0.717, 1.165) is 48.8 Å². The maximum Gasteiger partial charge on any atom is 0.330 e. The van der Waals surface area contributed by atoms with Crippen molar-refractivity contribution in [1.29, 1.82) is 0 Å². The van der Waals surface area contributed by atoms with Gasteiger partial charge in [-0.2, -0.15) is 0 Å². The number of benzene rings is 1. The molecule has 1 aromatic heterocycles. The molecule has 0 spiro atoms. The number of imide groups is 1. The van der Waals surface area contributed by atoms with Crippen molar-refractivity contribution < 1.29 is 28.7 Å². The van der Waals surface area contributed by atoms with Crippen molar-refractivity contribution >= 4 is 40.9 Å². The van der Waals surface area contributed by atoms with Crippen molar-refractivity contribution in [1.82, 2.24) is 25.4 Å². The minimum Gasteiger partial charge on any atom is -0.452 e. The fourth-order valence-electron chi connectivity index (χ4n) is 6.62. The Morgan fingerprint density at radius 3 is 2.52 bits per heavy atom. The summed E-state index contributed by atoms with van der Waals surface area (Å²) in [7, 11) is 1.92. The molecule has 0 saturated carbocycles. The van der Waals surface area contributed by atoms with Crippen molar-refractivity contribution in [2.45, 2.75) is 103 Å². The molecule has 2 fully saturated rings. The number of nitrogens with one attached hydrogen (secondary N) is 2. The Balaban J connectivity index is 1.53. The van der Waals surface area contributed by atoms with Gasteiger partial charge < -0.3 is 15.4 Å². The maximum atomic E-state index is 13.8. The number of likely N-dealkylation sites (tertiary alicyclic amines) is 2. The van der Waals surface area contributed by atoms with Crippen LogP contribution in [0.3, 0.4) is 0 Å². The maximum absolute atomic E-state index is 13.8. The number of thiazole rings is 1. The fourth-order valence-corrected chi connectivity index (χ4v) is 7.45. The Labute approximate surface area is 299 Å². The Kier molecular flexibility index (Phi) is 13.7. The standard InChI is InChI=1S/C38H51N5O6S/c1-8-24(5)33(41-34(45)30-17-13-14-18-42(30)7)35(46)39-28(23(3)4)21-31(49-32(44)9-2)36-40-29(22-50-36)38(48)43-27(19-25(6)37(43)47)20-26-15-11-10-12-16-26/h9-12,15-16,22,24-25,27-28,30-31,33H,2-3,8,13-14,17-21H2,1,4-7H3,(H,39,46)(H,41,45)/t24-,25-,27+,28+,30+,31+,33-/m0/s1. The second kappa shape index (κ2) is 17.7. The largest absolute Gasteiger partial charge is 0.452 e. The predicted octanol–water partition coefficient (Wildman–Crippen LogP) is 5.00. The second-order valence-corrected chi connectivity index (χ2v) is 14.6. The van der Waals surface area contributed by atoms with Gasteiger partial charge in [0.15, 0.2) is 6.10 Å². The first-order chi connectivity index (χ1) is 23.8. The zero-order valence-electron chi connectivity index (χ0n) is 29.9. The van der Waals surface area contributed by atoms with E-state index in [4.69, 9.17) is 4.74 Å². The van der Waals surface area contributed by atoms with E-state index >= 15 is 0 Å². The Bertz CT molecular complexity index is 1560. The first-order valence-electron chi connectivity index (χ1n) is 17.5. The SMILES string of the molecule is C=CC(=O)O[C@H](C[C@@H](NC(=O)[C@@H](NC(=O)[C@H]1CCCCN1C)[C@@H](C)CC)C(=C)C)c1nc(C(=O)N2C(=O)[C@@H](C)C[C@@H]2Cc2ccccc2)cs1. The van der Waals surface area contributed by atoms with Gasteiger partial charge in [-0.3, -0.25) is 29.0 Å². The topological polar surface area (TPSA) is 138 Å². The number of nitrogens with zero attached hydrogens (tertiary/aromatic N) is 3. The molecule has 2 aromatic rings. The predicted molar refractivity (Wildman–Crippen MR) is 193 cm³/mol. The van der Waals surface area contributed by atoms with Gasteiger partial charge in [-0.15, -0.1) is 11.3 Å². The highest BCUT2D eigenvalue weighted by atomic mass is 32.1. The van der Waals surface area contributed by atoms with E-state index in [9.17, 15) is 24.0 Å². The Morgan fingerprint density at radius 2 is 1.88 bits per heavy atom. The summed E-state index contributed by atoms with van der Waals surface area (Å²) in [6, 6.07) is 7.67. The van der Waals surface area contributed by atoms with E-state index < -0.39 is 30.1 Å². The van der Waals surface area contributed by atoms with Gasteiger partial charge in [0.2, 0.25) is 17.7 Å². The molecular formula is C38H51N5O6S. The molecule has 270 valence electrons. The van der Waals surface area contributed by atoms with Crippen LogP contribution in [0.25, 0.3) is 0 Å². The van der Waals surface area contributed by atoms with Crippen molar-refractivity contribution in [2.24, 2.45) is 11.8 Å². The number of rotatable bonds is 15. The first kappa shape index (κ1) is 38.6. The highest BCUT2D eigenvalue weighted by molar-refractivity contribution is 7.09. The molecule has 2 aliphatic heterocycles. The van der Waals surface area contributed by atoms with Crippen molar-refractivity contribution in [2.75, 3.05) is 13.6 Å². The molecule has 2 saturated heterocycles. The van der Waals surface area contributed by atoms with Crippen LogP contribution in [-0.4, -0.2) is 82.1 Å². The summed E-state index contributed by atoms with van der Waals surface area (Å²) in [6.07, 6.45) is 4.62. The van der Waals surface area contributed by atoms with Crippen LogP contribution < -0.4 is 10.6 Å². The molecule has 4 rings (SSSR count). The molecule has 4 amide bonds. The lowest BCUT2D eigenvalue weighted by Gasteiger charge is -2.34. The number of carbonyl (C=O) groups is 5. The first-order valence-corrected chi connectivity index (χ1v) is 18.4. The Hall–Kier alpha value is -4.16. The van der Waals surface area contributed by atoms with Crippen LogP contribution in [0.4, 0.5) is 0 Å². The Morgan fingerprint density at radius 1 is 1.16 bits per heavy atom. The van der Waals surface area contributed by atoms with Crippen molar-refractivity contribution in [3.05, 3.63) is 76.8 Å². The number of carbonyl (C=O) groups excluding carboxylic acids is 5. The number of hydrogen-bond donors (Lipinski definition) is 2. The molecule has 0 unspecified atom stereocenters. The lowest BCUT2D eigenvalue weighted by atomic mass is 9.95. The number of esters is 1. The van der Waals surface area contributed by atoms with Crippen LogP contribution in [-0.2, 0) is 30.3 Å². The minimum atomic E-state index is -0.963. The van der Waals surface area contributed by atoms with E-state index in [1.807, 2.05) is 63.1 Å². The molecule has 50 heavy (non-hydrogen) atoms. The summed E-state index contributed by atoms with van der Waals surface area (Å²) in [5, 5.41) is 7.93. The zero-order chi connectivity index (χ0) is 36.5. The molecule has 2 N–H and O–H groups in total. The molecule has 3 heterocycles. The molecule has 0 aliphatic carbocycles. The van der Waals surface area contributed by atoms with Gasteiger partial charge in [0.05, 0.1) is 12.1 Å². The van der Waals surface area contributed by atoms with E-state index in [1.54, 1.807) is 12.3 Å². The molecule has 2 aliphatic rings. The summed E-state index contributed by atoms with van der Waals surface area (Å²) in [5.41, 5.74) is 1.71. The smallest absolute Gasteiger partial charge is 0.330 e. The van der Waals surface area contributed by atoms with E-state index in [-0.39, 0.29) is 53.8 Å². The fraction of sp³-hybridized carbons (Fsp3) is 0.526. The normalized spacial score (nSPS) is 21.8. The summed E-state index contributed by atoms with van der Waals surface area (Å²) < 4.78 is 5.72. The van der Waals surface area contributed by atoms with Crippen LogP contribution in [0.1, 0.15) is 93.4 Å². The van der Waals surface area contributed by atoms with E-state index in [1.165, 1.54) is 4.90 Å². The molecule has 1 aromatic carbocycles. The highest BCUT2D eigenvalue weighted by Crippen LogP contribution is 2.32. The number of likely N-dealkylation sites (N-methyl/N-ethyl adjacent to an activating group) is 1. The van der Waals surface area contributed by atoms with Crippen LogP contribution >= 0.6 is 11.3 Å². The van der Waals surface area contributed by atoms with Crippen LogP contribution in [0, 0.1) is 11.8 Å². The van der Waals surface area contributed by atoms with Crippen LogP contribution in [0.15, 0.2) is 60.5 Å². The van der Waals surface area contributed by atoms with Crippen molar-refractivity contribution in [3.63, 3.8) is 0 Å². The van der Waals surface area contributed by atoms with Crippen LogP contribution in [0.2, 0.25) is 0 Å². The van der Waals surface area contributed by atoms with Crippen LogP contribution in [0.5, 0.6) is 0 Å². The van der Waals surface area contributed by atoms with Gasteiger partial charge >= 0.3 is 5.97 Å². The van der Waals surface area contributed by atoms with Gasteiger partial charge in [-0.1, -0.05) is 82.7 Å². The van der Waals surface area contributed by atoms with E-state index in [2.05, 4.69) is 28.8 Å². The van der Waals surface area contributed by atoms with E-state index in [0.29, 0.717) is 29.8 Å². The summed E-state index contributed by atoms with van der Waals surface area (Å²) in [5.74, 6) is -2.44. The number of ether oxygens (including phenoxy) is 1. The third-order valence-electron chi connectivity index (χ3n) is 9.85. The number of amides is 4. The lowest BCUT2D eigenvalue weighted by molar-refractivity contribution is -0.144. The monoisotopic (exact) mass is 705 g/mol. The second-order valence-electron chi connectivity index (χ2n) is 13.7. The van der Waals surface area contributed by atoms with Gasteiger partial charge in [-0.25, -0.2) is 9.78 Å². The van der Waals surface area contributed by atoms with Gasteiger partial charge in [0.25, 0.3) is 5.91 Å². The molecule has 11 nitrogen and oxygen atoms in total. The number of hydrogen-bond acceptors (Lipinski definition) is 9. The third kappa shape index (κ3) is 9.54. The zero-order valence-corrected chi connectivity index (χ0v) is 30.7. The number of aromatic nitrogens is 1. The summed E-state index contributed by atoms with van der Waals surface area (Å²) in [4.78, 5) is 74.5. The van der Waals surface area contributed by atoms with Gasteiger partial charge in [0, 0.05) is 29.8 Å². The average molecular weight is 706 g/mol.